The normalized spacial score (nSPS) is 11.2. The van der Waals surface area contributed by atoms with Crippen LogP contribution in [-0.2, 0) is 6.42 Å². The number of fused-ring (bicyclic) bond motifs is 2. The summed E-state index contributed by atoms with van der Waals surface area (Å²) in [6.45, 7) is 5.33. The SMILES string of the molecule is C=NC(=O)c1ccc2[nH]nc(-c3ccc4nnc(CC)n4c3)c2c1. The molecule has 0 radical (unpaired) electrons. The first-order chi connectivity index (χ1) is 11.7. The van der Waals surface area contributed by atoms with E-state index in [0.29, 0.717) is 5.56 Å². The number of amides is 1. The summed E-state index contributed by atoms with van der Waals surface area (Å²) in [6, 6.07) is 9.16. The molecule has 1 amide bonds. The zero-order valence-corrected chi connectivity index (χ0v) is 13.0. The smallest absolute Gasteiger partial charge is 0.276 e. The van der Waals surface area contributed by atoms with Gasteiger partial charge in [0, 0.05) is 29.1 Å². The highest BCUT2D eigenvalue weighted by atomic mass is 16.1. The van der Waals surface area contributed by atoms with Crippen LogP contribution in [-0.4, -0.2) is 37.4 Å². The molecule has 118 valence electrons. The number of hydrogen-bond acceptors (Lipinski definition) is 4. The van der Waals surface area contributed by atoms with E-state index in [2.05, 4.69) is 32.1 Å². The molecule has 0 aliphatic heterocycles. The molecule has 3 heterocycles. The summed E-state index contributed by atoms with van der Waals surface area (Å²) in [6.07, 6.45) is 2.75. The summed E-state index contributed by atoms with van der Waals surface area (Å²) in [5.41, 5.74) is 3.81. The van der Waals surface area contributed by atoms with Crippen molar-refractivity contribution in [3.8, 4) is 11.3 Å². The van der Waals surface area contributed by atoms with Crippen molar-refractivity contribution in [1.29, 1.82) is 0 Å². The van der Waals surface area contributed by atoms with Gasteiger partial charge in [-0.15, -0.1) is 10.2 Å². The number of benzene rings is 1. The topological polar surface area (TPSA) is 88.3 Å². The van der Waals surface area contributed by atoms with E-state index in [-0.39, 0.29) is 5.91 Å². The van der Waals surface area contributed by atoms with Gasteiger partial charge in [0.25, 0.3) is 5.91 Å². The van der Waals surface area contributed by atoms with Crippen LogP contribution in [0.4, 0.5) is 0 Å². The Bertz CT molecular complexity index is 1090. The maximum absolute atomic E-state index is 11.8. The summed E-state index contributed by atoms with van der Waals surface area (Å²) in [7, 11) is 0. The number of carbonyl (C=O) groups excluding carboxylic acids is 1. The largest absolute Gasteiger partial charge is 0.286 e. The lowest BCUT2D eigenvalue weighted by Crippen LogP contribution is -1.94. The lowest BCUT2D eigenvalue weighted by molar-refractivity contribution is 0.100. The highest BCUT2D eigenvalue weighted by molar-refractivity contribution is 6.02. The standard InChI is InChI=1S/C17H14N6O/c1-3-14-20-21-15-7-5-11(9-23(14)15)16-12-8-10(17(24)18-2)4-6-13(12)19-22-16/h4-9H,2-3H2,1H3,(H,19,22). The molecule has 0 bridgehead atoms. The van der Waals surface area contributed by atoms with Crippen molar-refractivity contribution in [2.75, 3.05) is 0 Å². The average Bonchev–Trinajstić information content (AvgIpc) is 3.23. The van der Waals surface area contributed by atoms with Crippen LogP contribution in [0.1, 0.15) is 23.1 Å². The summed E-state index contributed by atoms with van der Waals surface area (Å²) in [5, 5.41) is 16.6. The van der Waals surface area contributed by atoms with Crippen LogP contribution in [0.25, 0.3) is 27.8 Å². The zero-order chi connectivity index (χ0) is 16.7. The molecule has 0 unspecified atom stereocenters. The van der Waals surface area contributed by atoms with Crippen molar-refractivity contribution in [1.82, 2.24) is 24.8 Å². The molecular weight excluding hydrogens is 304 g/mol. The van der Waals surface area contributed by atoms with Gasteiger partial charge in [0.05, 0.1) is 5.52 Å². The number of aryl methyl sites for hydroxylation is 1. The quantitative estimate of drug-likeness (QED) is 0.588. The number of aromatic nitrogens is 5. The van der Waals surface area contributed by atoms with Crippen LogP contribution in [0.5, 0.6) is 0 Å². The fourth-order valence-electron chi connectivity index (χ4n) is 2.78. The fraction of sp³-hybridized carbons (Fsp3) is 0.118. The molecule has 0 saturated heterocycles. The third-order valence-electron chi connectivity index (χ3n) is 4.02. The van der Waals surface area contributed by atoms with Crippen LogP contribution < -0.4 is 0 Å². The van der Waals surface area contributed by atoms with E-state index in [0.717, 1.165) is 40.1 Å². The molecule has 0 aliphatic rings. The first-order valence-corrected chi connectivity index (χ1v) is 7.54. The van der Waals surface area contributed by atoms with E-state index in [1.165, 1.54) is 0 Å². The maximum atomic E-state index is 11.8. The summed E-state index contributed by atoms with van der Waals surface area (Å²) >= 11 is 0. The molecule has 0 fully saturated rings. The summed E-state index contributed by atoms with van der Waals surface area (Å²) in [4.78, 5) is 15.2. The van der Waals surface area contributed by atoms with Gasteiger partial charge in [-0.3, -0.25) is 14.3 Å². The minimum Gasteiger partial charge on any atom is -0.286 e. The number of carbonyl (C=O) groups is 1. The van der Waals surface area contributed by atoms with E-state index in [4.69, 9.17) is 0 Å². The molecule has 0 spiro atoms. The van der Waals surface area contributed by atoms with E-state index in [1.807, 2.05) is 35.7 Å². The molecular formula is C17H14N6O. The van der Waals surface area contributed by atoms with Crippen LogP contribution >= 0.6 is 0 Å². The molecule has 0 aliphatic carbocycles. The summed E-state index contributed by atoms with van der Waals surface area (Å²) in [5.74, 6) is 0.532. The van der Waals surface area contributed by atoms with Gasteiger partial charge in [-0.25, -0.2) is 4.99 Å². The fourth-order valence-corrected chi connectivity index (χ4v) is 2.78. The lowest BCUT2D eigenvalue weighted by Gasteiger charge is -2.02. The second kappa shape index (κ2) is 5.38. The summed E-state index contributed by atoms with van der Waals surface area (Å²) < 4.78 is 1.95. The number of pyridine rings is 1. The lowest BCUT2D eigenvalue weighted by atomic mass is 10.1. The van der Waals surface area contributed by atoms with Gasteiger partial charge in [-0.2, -0.15) is 5.10 Å². The molecule has 1 N–H and O–H groups in total. The van der Waals surface area contributed by atoms with E-state index >= 15 is 0 Å². The molecule has 0 saturated carbocycles. The Kier molecular flexibility index (Phi) is 3.19. The second-order valence-corrected chi connectivity index (χ2v) is 5.41. The van der Waals surface area contributed by atoms with Crippen molar-refractivity contribution in [2.24, 2.45) is 4.99 Å². The third-order valence-corrected chi connectivity index (χ3v) is 4.02. The van der Waals surface area contributed by atoms with Gasteiger partial charge in [-0.1, -0.05) is 6.92 Å². The van der Waals surface area contributed by atoms with Crippen molar-refractivity contribution >= 4 is 29.2 Å². The third kappa shape index (κ3) is 2.10. The van der Waals surface area contributed by atoms with Crippen LogP contribution in [0.15, 0.2) is 41.5 Å². The number of H-pyrrole nitrogens is 1. The van der Waals surface area contributed by atoms with Crippen LogP contribution in [0.2, 0.25) is 0 Å². The van der Waals surface area contributed by atoms with Gasteiger partial charge in [-0.05, 0) is 37.0 Å². The molecule has 3 aromatic heterocycles. The van der Waals surface area contributed by atoms with Crippen molar-refractivity contribution in [3.63, 3.8) is 0 Å². The van der Waals surface area contributed by atoms with E-state index in [1.54, 1.807) is 12.1 Å². The van der Waals surface area contributed by atoms with Gasteiger partial charge in [0.1, 0.15) is 11.5 Å². The number of nitrogens with zero attached hydrogens (tertiary/aromatic N) is 5. The molecule has 4 rings (SSSR count). The number of aromatic amines is 1. The van der Waals surface area contributed by atoms with E-state index in [9.17, 15) is 4.79 Å². The number of nitrogens with one attached hydrogen (secondary N) is 1. The first kappa shape index (κ1) is 14.3. The molecule has 7 heteroatoms. The van der Waals surface area contributed by atoms with Crippen LogP contribution in [0, 0.1) is 0 Å². The van der Waals surface area contributed by atoms with Gasteiger partial charge >= 0.3 is 0 Å². The van der Waals surface area contributed by atoms with E-state index < -0.39 is 0 Å². The average molecular weight is 318 g/mol. The first-order valence-electron chi connectivity index (χ1n) is 7.54. The van der Waals surface area contributed by atoms with Gasteiger partial charge < -0.3 is 0 Å². The predicted octanol–water partition coefficient (Wildman–Crippen LogP) is 2.68. The Morgan fingerprint density at radius 3 is 2.96 bits per heavy atom. The minimum atomic E-state index is -0.355. The number of hydrogen-bond donors (Lipinski definition) is 1. The predicted molar refractivity (Wildman–Crippen MR) is 91.3 cm³/mol. The van der Waals surface area contributed by atoms with Crippen molar-refractivity contribution in [3.05, 3.63) is 47.9 Å². The molecule has 0 atom stereocenters. The minimum absolute atomic E-state index is 0.355. The molecule has 7 nitrogen and oxygen atoms in total. The highest BCUT2D eigenvalue weighted by Gasteiger charge is 2.13. The Labute approximate surface area is 137 Å². The van der Waals surface area contributed by atoms with Crippen molar-refractivity contribution in [2.45, 2.75) is 13.3 Å². The molecule has 1 aromatic carbocycles. The number of aliphatic imine (C=N–C) groups is 1. The molecule has 4 aromatic rings. The van der Waals surface area contributed by atoms with Crippen LogP contribution in [0.3, 0.4) is 0 Å². The molecule has 24 heavy (non-hydrogen) atoms. The maximum Gasteiger partial charge on any atom is 0.276 e. The Balaban J connectivity index is 1.92. The Morgan fingerprint density at radius 2 is 2.17 bits per heavy atom. The zero-order valence-electron chi connectivity index (χ0n) is 13.0. The monoisotopic (exact) mass is 318 g/mol. The Morgan fingerprint density at radius 1 is 1.29 bits per heavy atom. The number of rotatable bonds is 3. The van der Waals surface area contributed by atoms with Gasteiger partial charge in [0.2, 0.25) is 0 Å². The second-order valence-electron chi connectivity index (χ2n) is 5.41. The highest BCUT2D eigenvalue weighted by Crippen LogP contribution is 2.27. The van der Waals surface area contributed by atoms with Crippen molar-refractivity contribution < 1.29 is 4.79 Å². The van der Waals surface area contributed by atoms with Gasteiger partial charge in [0.15, 0.2) is 5.65 Å². The Hall–Kier alpha value is -3.35.